The van der Waals surface area contributed by atoms with E-state index in [0.29, 0.717) is 19.6 Å². The fraction of sp³-hybridized carbons (Fsp3) is 0.818. The third-order valence-electron chi connectivity index (χ3n) is 2.93. The summed E-state index contributed by atoms with van der Waals surface area (Å²) in [6.07, 6.45) is 1.12. The van der Waals surface area contributed by atoms with Crippen molar-refractivity contribution in [3.63, 3.8) is 0 Å². The maximum atomic E-state index is 11.9. The van der Waals surface area contributed by atoms with Gasteiger partial charge in [-0.15, -0.1) is 0 Å². The van der Waals surface area contributed by atoms with Crippen LogP contribution in [0.3, 0.4) is 0 Å². The molecule has 1 aliphatic rings. The zero-order chi connectivity index (χ0) is 12.8. The van der Waals surface area contributed by atoms with Crippen LogP contribution in [-0.4, -0.2) is 53.7 Å². The molecule has 3 N–H and O–H groups in total. The Morgan fingerprint density at radius 3 is 2.82 bits per heavy atom. The molecule has 0 spiro atoms. The number of amides is 1. The molecule has 0 bridgehead atoms. The van der Waals surface area contributed by atoms with Gasteiger partial charge in [0.05, 0.1) is 12.5 Å². The molecule has 2 unspecified atom stereocenters. The second-order valence-corrected chi connectivity index (χ2v) is 4.10. The Morgan fingerprint density at radius 1 is 1.59 bits per heavy atom. The molecule has 1 saturated heterocycles. The van der Waals surface area contributed by atoms with E-state index in [0.717, 1.165) is 6.42 Å². The SMILES string of the molecule is CCOC(CN)CC(=O)N1CCCC1C(=O)O. The van der Waals surface area contributed by atoms with Crippen LogP contribution in [0.1, 0.15) is 26.2 Å². The summed E-state index contributed by atoms with van der Waals surface area (Å²) in [5.74, 6) is -1.12. The van der Waals surface area contributed by atoms with Crippen molar-refractivity contribution in [3.8, 4) is 0 Å². The van der Waals surface area contributed by atoms with Gasteiger partial charge in [0.15, 0.2) is 0 Å². The summed E-state index contributed by atoms with van der Waals surface area (Å²) in [5, 5.41) is 8.98. The second-order valence-electron chi connectivity index (χ2n) is 4.10. The summed E-state index contributed by atoms with van der Waals surface area (Å²) < 4.78 is 5.30. The Labute approximate surface area is 101 Å². The predicted octanol–water partition coefficient (Wildman–Crippen LogP) is -0.184. The molecule has 0 saturated carbocycles. The third kappa shape index (κ3) is 3.67. The smallest absolute Gasteiger partial charge is 0.326 e. The van der Waals surface area contributed by atoms with Gasteiger partial charge < -0.3 is 20.5 Å². The van der Waals surface area contributed by atoms with E-state index in [1.54, 1.807) is 0 Å². The Kier molecular flexibility index (Phi) is 5.37. The fourth-order valence-electron chi connectivity index (χ4n) is 2.08. The summed E-state index contributed by atoms with van der Waals surface area (Å²) in [6, 6.07) is -0.678. The van der Waals surface area contributed by atoms with E-state index in [-0.39, 0.29) is 25.0 Å². The van der Waals surface area contributed by atoms with Gasteiger partial charge >= 0.3 is 5.97 Å². The first kappa shape index (κ1) is 13.9. The number of rotatable bonds is 6. The molecule has 0 aromatic heterocycles. The molecule has 1 aliphatic heterocycles. The van der Waals surface area contributed by atoms with Crippen molar-refractivity contribution in [1.82, 2.24) is 4.90 Å². The Hall–Kier alpha value is -1.14. The van der Waals surface area contributed by atoms with Gasteiger partial charge in [0.1, 0.15) is 6.04 Å². The third-order valence-corrected chi connectivity index (χ3v) is 2.93. The normalized spacial score (nSPS) is 21.5. The lowest BCUT2D eigenvalue weighted by molar-refractivity contribution is -0.149. The number of hydrogen-bond acceptors (Lipinski definition) is 4. The van der Waals surface area contributed by atoms with Gasteiger partial charge in [-0.1, -0.05) is 0 Å². The van der Waals surface area contributed by atoms with Crippen LogP contribution in [-0.2, 0) is 14.3 Å². The number of nitrogens with zero attached hydrogens (tertiary/aromatic N) is 1. The second kappa shape index (κ2) is 6.56. The van der Waals surface area contributed by atoms with E-state index in [1.165, 1.54) is 4.90 Å². The molecule has 1 rings (SSSR count). The van der Waals surface area contributed by atoms with E-state index in [2.05, 4.69) is 0 Å². The number of carboxylic acids is 1. The maximum Gasteiger partial charge on any atom is 0.326 e. The van der Waals surface area contributed by atoms with E-state index in [4.69, 9.17) is 15.6 Å². The van der Waals surface area contributed by atoms with Crippen LogP contribution in [0.4, 0.5) is 0 Å². The summed E-state index contributed by atoms with van der Waals surface area (Å²) in [7, 11) is 0. The molecule has 1 fully saturated rings. The maximum absolute atomic E-state index is 11.9. The van der Waals surface area contributed by atoms with Crippen molar-refractivity contribution in [3.05, 3.63) is 0 Å². The van der Waals surface area contributed by atoms with E-state index in [9.17, 15) is 9.59 Å². The lowest BCUT2D eigenvalue weighted by Gasteiger charge is -2.23. The number of carbonyl (C=O) groups is 2. The highest BCUT2D eigenvalue weighted by molar-refractivity contribution is 5.84. The van der Waals surface area contributed by atoms with Gasteiger partial charge in [0.25, 0.3) is 0 Å². The first-order chi connectivity index (χ1) is 8.10. The standard InChI is InChI=1S/C11H20N2O4/c1-2-17-8(7-12)6-10(14)13-5-3-4-9(13)11(15)16/h8-9H,2-7,12H2,1H3,(H,15,16). The number of carbonyl (C=O) groups excluding carboxylic acids is 1. The molecule has 0 aromatic carbocycles. The van der Waals surface area contributed by atoms with Crippen LogP contribution in [0.15, 0.2) is 0 Å². The molecule has 1 amide bonds. The predicted molar refractivity (Wildman–Crippen MR) is 61.5 cm³/mol. The monoisotopic (exact) mass is 244 g/mol. The first-order valence-corrected chi connectivity index (χ1v) is 5.94. The van der Waals surface area contributed by atoms with Crippen LogP contribution in [0.2, 0.25) is 0 Å². The van der Waals surface area contributed by atoms with E-state index < -0.39 is 12.0 Å². The molecule has 6 nitrogen and oxygen atoms in total. The zero-order valence-electron chi connectivity index (χ0n) is 10.1. The minimum Gasteiger partial charge on any atom is -0.480 e. The Morgan fingerprint density at radius 2 is 2.29 bits per heavy atom. The van der Waals surface area contributed by atoms with Crippen molar-refractivity contribution in [2.24, 2.45) is 5.73 Å². The molecule has 2 atom stereocenters. The van der Waals surface area contributed by atoms with E-state index in [1.807, 2.05) is 6.92 Å². The van der Waals surface area contributed by atoms with Gasteiger partial charge in [-0.25, -0.2) is 4.79 Å². The Bertz CT molecular complexity index is 283. The summed E-state index contributed by atoms with van der Waals surface area (Å²) >= 11 is 0. The average molecular weight is 244 g/mol. The molecule has 17 heavy (non-hydrogen) atoms. The molecule has 98 valence electrons. The summed E-state index contributed by atoms with van der Waals surface area (Å²) in [5.41, 5.74) is 5.49. The van der Waals surface area contributed by atoms with Gasteiger partial charge in [-0.2, -0.15) is 0 Å². The number of ether oxygens (including phenoxy) is 1. The molecular formula is C11H20N2O4. The van der Waals surface area contributed by atoms with Crippen molar-refractivity contribution < 1.29 is 19.4 Å². The number of hydrogen-bond donors (Lipinski definition) is 2. The number of nitrogens with two attached hydrogens (primary N) is 1. The Balaban J connectivity index is 2.54. The minimum atomic E-state index is -0.934. The van der Waals surface area contributed by atoms with Gasteiger partial charge in [0, 0.05) is 19.7 Å². The highest BCUT2D eigenvalue weighted by Gasteiger charge is 2.34. The van der Waals surface area contributed by atoms with Crippen molar-refractivity contribution in [1.29, 1.82) is 0 Å². The van der Waals surface area contributed by atoms with Crippen LogP contribution in [0, 0.1) is 0 Å². The average Bonchev–Trinajstić information content (AvgIpc) is 2.77. The van der Waals surface area contributed by atoms with Gasteiger partial charge in [-0.3, -0.25) is 4.79 Å². The number of likely N-dealkylation sites (tertiary alicyclic amines) is 1. The van der Waals surface area contributed by atoms with Gasteiger partial charge in [-0.05, 0) is 19.8 Å². The zero-order valence-corrected chi connectivity index (χ0v) is 10.1. The summed E-state index contributed by atoms with van der Waals surface area (Å²) in [6.45, 7) is 3.12. The number of aliphatic carboxylic acids is 1. The van der Waals surface area contributed by atoms with Crippen molar-refractivity contribution >= 4 is 11.9 Å². The summed E-state index contributed by atoms with van der Waals surface area (Å²) in [4.78, 5) is 24.3. The molecular weight excluding hydrogens is 224 g/mol. The highest BCUT2D eigenvalue weighted by Crippen LogP contribution is 2.19. The molecule has 1 heterocycles. The molecule has 0 radical (unpaired) electrons. The topological polar surface area (TPSA) is 92.9 Å². The van der Waals surface area contributed by atoms with Crippen LogP contribution in [0.25, 0.3) is 0 Å². The lowest BCUT2D eigenvalue weighted by atomic mass is 10.2. The molecule has 0 aliphatic carbocycles. The fourth-order valence-corrected chi connectivity index (χ4v) is 2.08. The minimum absolute atomic E-state index is 0.161. The van der Waals surface area contributed by atoms with Crippen LogP contribution in [0.5, 0.6) is 0 Å². The van der Waals surface area contributed by atoms with E-state index >= 15 is 0 Å². The highest BCUT2D eigenvalue weighted by atomic mass is 16.5. The molecule has 0 aromatic rings. The van der Waals surface area contributed by atoms with Crippen molar-refractivity contribution in [2.45, 2.75) is 38.3 Å². The molecule has 6 heteroatoms. The van der Waals surface area contributed by atoms with Crippen LogP contribution < -0.4 is 5.73 Å². The van der Waals surface area contributed by atoms with Gasteiger partial charge in [0.2, 0.25) is 5.91 Å². The first-order valence-electron chi connectivity index (χ1n) is 5.94. The number of carboxylic acid groups (broad SMARTS) is 1. The van der Waals surface area contributed by atoms with Crippen molar-refractivity contribution in [2.75, 3.05) is 19.7 Å². The quantitative estimate of drug-likeness (QED) is 0.676. The van der Waals surface area contributed by atoms with Crippen LogP contribution >= 0.6 is 0 Å². The lowest BCUT2D eigenvalue weighted by Crippen LogP contribution is -2.42. The largest absolute Gasteiger partial charge is 0.480 e.